The fourth-order valence-electron chi connectivity index (χ4n) is 2.36. The second-order valence-electron chi connectivity index (χ2n) is 5.99. The number of nitrogens with one attached hydrogen (secondary N) is 1. The zero-order chi connectivity index (χ0) is 16.0. The lowest BCUT2D eigenvalue weighted by atomic mass is 9.93. The number of carbonyl (C=O) groups excluding carboxylic acids is 1. The lowest BCUT2D eigenvalue weighted by molar-refractivity contribution is -0.129. The molecule has 0 aliphatic carbocycles. The predicted octanol–water partition coefficient (Wildman–Crippen LogP) is 4.29. The zero-order valence-corrected chi connectivity index (χ0v) is 14.3. The second-order valence-corrected chi connectivity index (χ2v) is 6.43. The number of hydrogen-bond acceptors (Lipinski definition) is 2. The highest BCUT2D eigenvalue weighted by Crippen LogP contribution is 2.18. The van der Waals surface area contributed by atoms with Crippen LogP contribution in [0.5, 0.6) is 5.75 Å². The molecule has 1 N–H and O–H groups in total. The van der Waals surface area contributed by atoms with Crippen LogP contribution in [0.4, 0.5) is 0 Å². The highest BCUT2D eigenvalue weighted by Gasteiger charge is 2.25. The molecule has 1 rings (SSSR count). The molecule has 3 nitrogen and oxygen atoms in total. The molecule has 0 aliphatic rings. The number of ether oxygens (including phenoxy) is 1. The Kier molecular flexibility index (Phi) is 7.03. The van der Waals surface area contributed by atoms with Crippen LogP contribution in [-0.2, 0) is 4.79 Å². The van der Waals surface area contributed by atoms with Gasteiger partial charge in [-0.25, -0.2) is 0 Å². The molecule has 118 valence electrons. The first kappa shape index (κ1) is 17.8. The van der Waals surface area contributed by atoms with E-state index in [4.69, 9.17) is 16.3 Å². The maximum atomic E-state index is 12.4. The van der Waals surface area contributed by atoms with Crippen LogP contribution in [0, 0.1) is 11.8 Å². The fourth-order valence-corrected chi connectivity index (χ4v) is 2.49. The molecule has 0 heterocycles. The summed E-state index contributed by atoms with van der Waals surface area (Å²) in [5.74, 6) is 1.39. The van der Waals surface area contributed by atoms with Crippen molar-refractivity contribution < 1.29 is 9.53 Å². The molecule has 1 amide bonds. The molecule has 0 unspecified atom stereocenters. The molecular weight excluding hydrogens is 286 g/mol. The second kappa shape index (κ2) is 8.28. The summed E-state index contributed by atoms with van der Waals surface area (Å²) in [4.78, 5) is 12.4. The van der Waals surface area contributed by atoms with Crippen LogP contribution in [0.15, 0.2) is 24.3 Å². The number of amides is 1. The van der Waals surface area contributed by atoms with Gasteiger partial charge in [-0.1, -0.05) is 46.2 Å². The molecule has 0 aliphatic heterocycles. The van der Waals surface area contributed by atoms with Crippen LogP contribution in [0.1, 0.15) is 41.0 Å². The summed E-state index contributed by atoms with van der Waals surface area (Å²) in [6, 6.07) is 7.22. The number of rotatable bonds is 7. The topological polar surface area (TPSA) is 38.3 Å². The van der Waals surface area contributed by atoms with Crippen molar-refractivity contribution in [3.8, 4) is 5.75 Å². The minimum absolute atomic E-state index is 0.0557. The summed E-state index contributed by atoms with van der Waals surface area (Å²) >= 11 is 5.85. The van der Waals surface area contributed by atoms with Gasteiger partial charge >= 0.3 is 0 Å². The van der Waals surface area contributed by atoms with Crippen molar-refractivity contribution in [2.45, 2.75) is 53.2 Å². The molecule has 0 saturated heterocycles. The van der Waals surface area contributed by atoms with Gasteiger partial charge in [0.15, 0.2) is 6.10 Å². The number of hydrogen-bond donors (Lipinski definition) is 1. The largest absolute Gasteiger partial charge is 0.481 e. The summed E-state index contributed by atoms with van der Waals surface area (Å²) < 4.78 is 5.77. The van der Waals surface area contributed by atoms with Gasteiger partial charge in [-0.3, -0.25) is 4.79 Å². The van der Waals surface area contributed by atoms with Gasteiger partial charge < -0.3 is 10.1 Å². The quantitative estimate of drug-likeness (QED) is 0.815. The van der Waals surface area contributed by atoms with Crippen LogP contribution in [0.25, 0.3) is 0 Å². The first-order valence-electron chi connectivity index (χ1n) is 7.57. The molecule has 0 bridgehead atoms. The Hall–Kier alpha value is -1.22. The van der Waals surface area contributed by atoms with Crippen molar-refractivity contribution in [1.82, 2.24) is 5.32 Å². The molecule has 0 radical (unpaired) electrons. The maximum Gasteiger partial charge on any atom is 0.261 e. The molecular formula is C17H26ClNO2. The van der Waals surface area contributed by atoms with Gasteiger partial charge in [-0.05, 0) is 42.5 Å². The van der Waals surface area contributed by atoms with Crippen LogP contribution in [-0.4, -0.2) is 18.1 Å². The Balaban J connectivity index is 2.70. The van der Waals surface area contributed by atoms with Gasteiger partial charge in [0.25, 0.3) is 5.91 Å². The van der Waals surface area contributed by atoms with Crippen molar-refractivity contribution in [2.75, 3.05) is 0 Å². The number of carbonyl (C=O) groups is 1. The molecule has 0 spiro atoms. The third-order valence-corrected chi connectivity index (χ3v) is 3.75. The zero-order valence-electron chi connectivity index (χ0n) is 13.5. The number of halogens is 1. The van der Waals surface area contributed by atoms with E-state index in [0.29, 0.717) is 29.0 Å². The molecule has 1 atom stereocenters. The molecule has 1 aromatic carbocycles. The van der Waals surface area contributed by atoms with Crippen LogP contribution in [0.3, 0.4) is 0 Å². The number of benzene rings is 1. The van der Waals surface area contributed by atoms with E-state index in [1.54, 1.807) is 24.3 Å². The average molecular weight is 312 g/mol. The molecule has 1 aromatic rings. The van der Waals surface area contributed by atoms with E-state index in [0.717, 1.165) is 0 Å². The van der Waals surface area contributed by atoms with E-state index < -0.39 is 6.10 Å². The Labute approximate surface area is 133 Å². The Morgan fingerprint density at radius 2 is 1.67 bits per heavy atom. The van der Waals surface area contributed by atoms with Crippen molar-refractivity contribution in [2.24, 2.45) is 11.8 Å². The van der Waals surface area contributed by atoms with E-state index in [2.05, 4.69) is 33.0 Å². The lowest BCUT2D eigenvalue weighted by Crippen LogP contribution is -2.48. The van der Waals surface area contributed by atoms with Crippen molar-refractivity contribution in [3.05, 3.63) is 29.3 Å². The smallest absolute Gasteiger partial charge is 0.261 e. The van der Waals surface area contributed by atoms with Crippen molar-refractivity contribution in [3.63, 3.8) is 0 Å². The normalized spacial score (nSPS) is 12.8. The van der Waals surface area contributed by atoms with E-state index in [1.807, 2.05) is 6.92 Å². The third kappa shape index (κ3) is 5.58. The van der Waals surface area contributed by atoms with E-state index in [-0.39, 0.29) is 11.9 Å². The van der Waals surface area contributed by atoms with Gasteiger partial charge in [0.05, 0.1) is 0 Å². The van der Waals surface area contributed by atoms with E-state index in [9.17, 15) is 4.79 Å². The monoisotopic (exact) mass is 311 g/mol. The SMILES string of the molecule is CC[C@H](Oc1ccc(Cl)cc1)C(=O)NC(C(C)C)C(C)C. The summed E-state index contributed by atoms with van der Waals surface area (Å²) in [6.07, 6.45) is 0.142. The summed E-state index contributed by atoms with van der Waals surface area (Å²) in [6.45, 7) is 10.4. The first-order valence-corrected chi connectivity index (χ1v) is 7.95. The Morgan fingerprint density at radius 1 is 1.14 bits per heavy atom. The third-order valence-electron chi connectivity index (χ3n) is 3.50. The van der Waals surface area contributed by atoms with E-state index in [1.165, 1.54) is 0 Å². The maximum absolute atomic E-state index is 12.4. The highest BCUT2D eigenvalue weighted by atomic mass is 35.5. The summed E-state index contributed by atoms with van der Waals surface area (Å²) in [7, 11) is 0. The van der Waals surface area contributed by atoms with Gasteiger partial charge in [0.2, 0.25) is 0 Å². The fraction of sp³-hybridized carbons (Fsp3) is 0.588. The molecule has 0 saturated carbocycles. The van der Waals surface area contributed by atoms with Crippen LogP contribution >= 0.6 is 11.6 Å². The first-order chi connectivity index (χ1) is 9.85. The van der Waals surface area contributed by atoms with E-state index >= 15 is 0 Å². The van der Waals surface area contributed by atoms with Gasteiger partial charge in [0, 0.05) is 11.1 Å². The molecule has 0 fully saturated rings. The minimum atomic E-state index is -0.480. The molecule has 21 heavy (non-hydrogen) atoms. The molecule has 4 heteroatoms. The van der Waals surface area contributed by atoms with Crippen LogP contribution < -0.4 is 10.1 Å². The van der Waals surface area contributed by atoms with Gasteiger partial charge in [0.1, 0.15) is 5.75 Å². The highest BCUT2D eigenvalue weighted by molar-refractivity contribution is 6.30. The predicted molar refractivity (Wildman–Crippen MR) is 87.8 cm³/mol. The minimum Gasteiger partial charge on any atom is -0.481 e. The van der Waals surface area contributed by atoms with Gasteiger partial charge in [-0.15, -0.1) is 0 Å². The standard InChI is InChI=1S/C17H26ClNO2/c1-6-15(21-14-9-7-13(18)8-10-14)17(20)19-16(11(2)3)12(4)5/h7-12,15-16H,6H2,1-5H3,(H,19,20)/t15-/m0/s1. The van der Waals surface area contributed by atoms with Crippen LogP contribution in [0.2, 0.25) is 5.02 Å². The van der Waals surface area contributed by atoms with Crippen molar-refractivity contribution in [1.29, 1.82) is 0 Å². The summed E-state index contributed by atoms with van der Waals surface area (Å²) in [5, 5.41) is 3.76. The van der Waals surface area contributed by atoms with Gasteiger partial charge in [-0.2, -0.15) is 0 Å². The Bertz CT molecular complexity index is 435. The lowest BCUT2D eigenvalue weighted by Gasteiger charge is -2.28. The van der Waals surface area contributed by atoms with Crippen molar-refractivity contribution >= 4 is 17.5 Å². The average Bonchev–Trinajstić information content (AvgIpc) is 2.43. The Morgan fingerprint density at radius 3 is 2.10 bits per heavy atom. The summed E-state index contributed by atoms with van der Waals surface area (Å²) in [5.41, 5.74) is 0. The molecule has 0 aromatic heterocycles.